The first kappa shape index (κ1) is 17.8. The summed E-state index contributed by atoms with van der Waals surface area (Å²) in [5, 5.41) is 8.32. The summed E-state index contributed by atoms with van der Waals surface area (Å²) in [7, 11) is 0. The molecule has 6 nitrogen and oxygen atoms in total. The lowest BCUT2D eigenvalue weighted by Gasteiger charge is -2.13. The molecule has 0 aliphatic carbocycles. The molecule has 0 spiro atoms. The molecule has 3 rings (SSSR count). The van der Waals surface area contributed by atoms with E-state index >= 15 is 0 Å². The van der Waals surface area contributed by atoms with Gasteiger partial charge in [0, 0.05) is 23.9 Å². The maximum Gasteiger partial charge on any atom is 0.266 e. The molecule has 0 atom stereocenters. The van der Waals surface area contributed by atoms with Crippen LogP contribution in [0.5, 0.6) is 0 Å². The molecule has 0 unspecified atom stereocenters. The third-order valence-electron chi connectivity index (χ3n) is 3.37. The Labute approximate surface area is 158 Å². The maximum atomic E-state index is 12.4. The highest BCUT2D eigenvalue weighted by molar-refractivity contribution is 8.26. The fourth-order valence-electron chi connectivity index (χ4n) is 2.22. The van der Waals surface area contributed by atoms with Gasteiger partial charge in [0.25, 0.3) is 5.91 Å². The van der Waals surface area contributed by atoms with E-state index in [0.29, 0.717) is 33.8 Å². The van der Waals surface area contributed by atoms with Gasteiger partial charge in [0.15, 0.2) is 5.82 Å². The lowest BCUT2D eigenvalue weighted by Crippen LogP contribution is -2.29. The van der Waals surface area contributed by atoms with E-state index in [0.717, 1.165) is 4.88 Å². The van der Waals surface area contributed by atoms with Crippen molar-refractivity contribution in [1.29, 1.82) is 0 Å². The monoisotopic (exact) mass is 393 g/mol. The quantitative estimate of drug-likeness (QED) is 0.596. The summed E-state index contributed by atoms with van der Waals surface area (Å²) in [6.45, 7) is 2.17. The Bertz CT molecular complexity index is 827. The summed E-state index contributed by atoms with van der Waals surface area (Å²) in [5.41, 5.74) is 0. The number of thiocarbonyl (C=S) groups is 1. The molecule has 0 bridgehead atoms. The van der Waals surface area contributed by atoms with Crippen molar-refractivity contribution >= 4 is 63.3 Å². The Morgan fingerprint density at radius 1 is 1.52 bits per heavy atom. The summed E-state index contributed by atoms with van der Waals surface area (Å²) in [5.74, 6) is 0.751. The Hall–Kier alpha value is -1.97. The van der Waals surface area contributed by atoms with Gasteiger partial charge < -0.3 is 9.84 Å². The second kappa shape index (κ2) is 7.94. The van der Waals surface area contributed by atoms with Crippen molar-refractivity contribution in [2.75, 3.05) is 11.9 Å². The largest absolute Gasteiger partial charge is 0.360 e. The van der Waals surface area contributed by atoms with Crippen LogP contribution in [-0.2, 0) is 9.59 Å². The lowest BCUT2D eigenvalue weighted by atomic mass is 10.2. The van der Waals surface area contributed by atoms with Crippen LogP contribution in [0, 0.1) is 6.92 Å². The van der Waals surface area contributed by atoms with Gasteiger partial charge >= 0.3 is 0 Å². The van der Waals surface area contributed by atoms with Crippen LogP contribution in [0.2, 0.25) is 0 Å². The number of hydrogen-bond acceptors (Lipinski definition) is 7. The summed E-state index contributed by atoms with van der Waals surface area (Å²) in [6, 6.07) is 5.54. The molecule has 130 valence electrons. The lowest BCUT2D eigenvalue weighted by molar-refractivity contribution is -0.122. The summed E-state index contributed by atoms with van der Waals surface area (Å²) >= 11 is 8.15. The number of rotatable bonds is 6. The zero-order valence-corrected chi connectivity index (χ0v) is 15.8. The van der Waals surface area contributed by atoms with Crippen LogP contribution in [0.1, 0.15) is 23.5 Å². The molecule has 2 aromatic heterocycles. The number of aromatic nitrogens is 1. The number of aryl methyl sites for hydroxylation is 1. The molecule has 1 fully saturated rings. The molecule has 3 heterocycles. The minimum atomic E-state index is -0.173. The fourth-order valence-corrected chi connectivity index (χ4v) is 4.26. The number of amides is 2. The van der Waals surface area contributed by atoms with E-state index in [1.807, 2.05) is 23.6 Å². The smallest absolute Gasteiger partial charge is 0.266 e. The van der Waals surface area contributed by atoms with Gasteiger partial charge in [-0.05, 0) is 30.9 Å². The molecular weight excluding hydrogens is 378 g/mol. The average molecular weight is 394 g/mol. The number of carbonyl (C=O) groups is 2. The molecule has 0 saturated carbocycles. The molecule has 9 heteroatoms. The Morgan fingerprint density at radius 2 is 2.36 bits per heavy atom. The second-order valence-corrected chi connectivity index (χ2v) is 7.98. The van der Waals surface area contributed by atoms with Crippen LogP contribution < -0.4 is 5.32 Å². The van der Waals surface area contributed by atoms with Crippen molar-refractivity contribution in [3.8, 4) is 0 Å². The molecule has 2 aromatic rings. The highest BCUT2D eigenvalue weighted by Gasteiger charge is 2.31. The molecule has 1 saturated heterocycles. The van der Waals surface area contributed by atoms with Crippen molar-refractivity contribution < 1.29 is 14.1 Å². The van der Waals surface area contributed by atoms with E-state index in [-0.39, 0.29) is 18.2 Å². The zero-order chi connectivity index (χ0) is 17.8. The molecule has 25 heavy (non-hydrogen) atoms. The van der Waals surface area contributed by atoms with Crippen molar-refractivity contribution in [1.82, 2.24) is 10.1 Å². The first-order valence-corrected chi connectivity index (χ1v) is 9.65. The minimum Gasteiger partial charge on any atom is -0.360 e. The average Bonchev–Trinajstić information content (AvgIpc) is 3.26. The highest BCUT2D eigenvalue weighted by atomic mass is 32.2. The third-order valence-corrected chi connectivity index (χ3v) is 5.57. The van der Waals surface area contributed by atoms with Crippen LogP contribution in [0.3, 0.4) is 0 Å². The molecule has 1 N–H and O–H groups in total. The summed E-state index contributed by atoms with van der Waals surface area (Å²) in [4.78, 5) is 27.5. The minimum absolute atomic E-state index is 0.101. The van der Waals surface area contributed by atoms with Crippen molar-refractivity contribution in [3.05, 3.63) is 39.1 Å². The Morgan fingerprint density at radius 3 is 3.04 bits per heavy atom. The highest BCUT2D eigenvalue weighted by Crippen LogP contribution is 2.33. The van der Waals surface area contributed by atoms with Crippen molar-refractivity contribution in [2.24, 2.45) is 0 Å². The number of thiophene rings is 1. The molecule has 1 aliphatic heterocycles. The van der Waals surface area contributed by atoms with E-state index in [1.165, 1.54) is 11.8 Å². The van der Waals surface area contributed by atoms with Crippen LogP contribution in [-0.4, -0.2) is 32.7 Å². The predicted octanol–water partition coefficient (Wildman–Crippen LogP) is 3.66. The fraction of sp³-hybridized carbons (Fsp3) is 0.250. The normalized spacial score (nSPS) is 16.0. The number of carbonyl (C=O) groups excluding carboxylic acids is 2. The number of thioether (sulfide) groups is 1. The van der Waals surface area contributed by atoms with E-state index < -0.39 is 0 Å². The zero-order valence-electron chi connectivity index (χ0n) is 13.4. The standard InChI is InChI=1S/C16H15N3O3S3/c1-10-8-13(18-22-10)17-14(20)5-2-6-19-15(21)12(25-16(19)23)9-11-4-3-7-24-11/h3-4,7-9H,2,5-6H2,1H3,(H,17,18,20)/b12-9+. The van der Waals surface area contributed by atoms with Gasteiger partial charge in [0.05, 0.1) is 4.91 Å². The number of nitrogens with one attached hydrogen (secondary N) is 1. The molecular formula is C16H15N3O3S3. The Balaban J connectivity index is 1.50. The SMILES string of the molecule is Cc1cc(NC(=O)CCCN2C(=O)/C(=C\c3cccs3)SC2=S)no1. The topological polar surface area (TPSA) is 75.4 Å². The van der Waals surface area contributed by atoms with Gasteiger partial charge in [-0.3, -0.25) is 14.5 Å². The van der Waals surface area contributed by atoms with E-state index in [1.54, 1.807) is 29.2 Å². The second-order valence-electron chi connectivity index (χ2n) is 5.32. The van der Waals surface area contributed by atoms with Crippen molar-refractivity contribution in [2.45, 2.75) is 19.8 Å². The maximum absolute atomic E-state index is 12.4. The van der Waals surface area contributed by atoms with E-state index in [4.69, 9.17) is 16.7 Å². The van der Waals surface area contributed by atoms with Gasteiger partial charge in [0.2, 0.25) is 5.91 Å². The van der Waals surface area contributed by atoms with Gasteiger partial charge in [-0.2, -0.15) is 0 Å². The van der Waals surface area contributed by atoms with Gasteiger partial charge in [-0.1, -0.05) is 35.2 Å². The van der Waals surface area contributed by atoms with Crippen LogP contribution in [0.15, 0.2) is 33.0 Å². The van der Waals surface area contributed by atoms with Crippen LogP contribution >= 0.6 is 35.3 Å². The molecule has 1 aliphatic rings. The van der Waals surface area contributed by atoms with Crippen LogP contribution in [0.25, 0.3) is 6.08 Å². The number of anilines is 1. The number of hydrogen-bond donors (Lipinski definition) is 1. The molecule has 0 radical (unpaired) electrons. The Kier molecular flexibility index (Phi) is 5.67. The predicted molar refractivity (Wildman–Crippen MR) is 103 cm³/mol. The van der Waals surface area contributed by atoms with Crippen LogP contribution in [0.4, 0.5) is 5.82 Å². The van der Waals surface area contributed by atoms with Gasteiger partial charge in [-0.25, -0.2) is 0 Å². The molecule has 2 amide bonds. The van der Waals surface area contributed by atoms with Gasteiger partial charge in [-0.15, -0.1) is 11.3 Å². The number of nitrogens with zero attached hydrogens (tertiary/aromatic N) is 2. The first-order chi connectivity index (χ1) is 12.0. The van der Waals surface area contributed by atoms with Gasteiger partial charge in [0.1, 0.15) is 10.1 Å². The summed E-state index contributed by atoms with van der Waals surface area (Å²) < 4.78 is 5.42. The van der Waals surface area contributed by atoms with E-state index in [2.05, 4.69) is 10.5 Å². The first-order valence-electron chi connectivity index (χ1n) is 7.55. The molecule has 0 aromatic carbocycles. The third kappa shape index (κ3) is 4.56. The van der Waals surface area contributed by atoms with Crippen molar-refractivity contribution in [3.63, 3.8) is 0 Å². The van der Waals surface area contributed by atoms with E-state index in [9.17, 15) is 9.59 Å². The summed E-state index contributed by atoms with van der Waals surface area (Å²) in [6.07, 6.45) is 2.64.